The van der Waals surface area contributed by atoms with Crippen LogP contribution >= 0.6 is 0 Å². The van der Waals surface area contributed by atoms with Crippen molar-refractivity contribution in [3.05, 3.63) is 59.7 Å². The van der Waals surface area contributed by atoms with E-state index in [0.717, 1.165) is 22.3 Å². The number of carbonyl (C=O) groups is 3. The molecule has 1 fully saturated rings. The van der Waals surface area contributed by atoms with Crippen molar-refractivity contribution in [1.29, 1.82) is 0 Å². The van der Waals surface area contributed by atoms with Gasteiger partial charge in [-0.15, -0.1) is 0 Å². The van der Waals surface area contributed by atoms with Gasteiger partial charge in [-0.05, 0) is 35.1 Å². The van der Waals surface area contributed by atoms with Crippen LogP contribution in [0.5, 0.6) is 0 Å². The molecule has 1 atom stereocenters. The molecule has 3 N–H and O–H groups in total. The molecule has 0 bridgehead atoms. The first kappa shape index (κ1) is 23.6. The highest BCUT2D eigenvalue weighted by molar-refractivity contribution is 5.81. The highest BCUT2D eigenvalue weighted by Crippen LogP contribution is 2.44. The van der Waals surface area contributed by atoms with Crippen molar-refractivity contribution in [2.24, 2.45) is 5.92 Å². The minimum absolute atomic E-state index is 0.0913. The molecule has 2 amide bonds. The van der Waals surface area contributed by atoms with E-state index < -0.39 is 42.1 Å². The van der Waals surface area contributed by atoms with Crippen LogP contribution in [0.3, 0.4) is 0 Å². The summed E-state index contributed by atoms with van der Waals surface area (Å²) >= 11 is 0. The number of ether oxygens (including phenoxy) is 1. The molecule has 0 aliphatic heterocycles. The summed E-state index contributed by atoms with van der Waals surface area (Å²) in [4.78, 5) is 35.4. The van der Waals surface area contributed by atoms with Crippen molar-refractivity contribution in [3.63, 3.8) is 0 Å². The molecule has 7 nitrogen and oxygen atoms in total. The van der Waals surface area contributed by atoms with Gasteiger partial charge in [0.15, 0.2) is 5.92 Å². The van der Waals surface area contributed by atoms with Crippen molar-refractivity contribution >= 4 is 18.0 Å². The third kappa shape index (κ3) is 5.00. The number of carbonyl (C=O) groups excluding carboxylic acids is 2. The van der Waals surface area contributed by atoms with E-state index in [1.54, 1.807) is 0 Å². The van der Waals surface area contributed by atoms with E-state index in [9.17, 15) is 27.6 Å². The summed E-state index contributed by atoms with van der Waals surface area (Å²) in [7, 11) is 0. The monoisotopic (exact) mass is 476 g/mol. The maximum Gasteiger partial charge on any atom is 0.407 e. The van der Waals surface area contributed by atoms with Gasteiger partial charge in [0.25, 0.3) is 0 Å². The Bertz CT molecular complexity index is 1070. The molecular formula is C24H23F3N2O5. The topological polar surface area (TPSA) is 105 Å². The number of nitrogens with one attached hydrogen (secondary N) is 2. The first-order valence-electron chi connectivity index (χ1n) is 10.8. The molecular weight excluding hydrogens is 453 g/mol. The van der Waals surface area contributed by atoms with Gasteiger partial charge < -0.3 is 20.5 Å². The molecule has 1 saturated carbocycles. The lowest BCUT2D eigenvalue weighted by molar-refractivity contribution is -0.192. The molecule has 2 aliphatic rings. The molecule has 2 aromatic rings. The molecule has 2 aliphatic carbocycles. The summed E-state index contributed by atoms with van der Waals surface area (Å²) in [5.74, 6) is -5.66. The van der Waals surface area contributed by atoms with Crippen LogP contribution in [0.1, 0.15) is 36.3 Å². The quantitative estimate of drug-likeness (QED) is 0.537. The van der Waals surface area contributed by atoms with Crippen LogP contribution in [-0.2, 0) is 14.3 Å². The van der Waals surface area contributed by atoms with Gasteiger partial charge in [0, 0.05) is 18.9 Å². The minimum atomic E-state index is -4.98. The van der Waals surface area contributed by atoms with E-state index >= 15 is 0 Å². The average Bonchev–Trinajstić information content (AvgIpc) is 3.43. The van der Waals surface area contributed by atoms with Gasteiger partial charge in [0.05, 0.1) is 5.54 Å². The summed E-state index contributed by atoms with van der Waals surface area (Å²) < 4.78 is 43.7. The van der Waals surface area contributed by atoms with E-state index in [2.05, 4.69) is 5.32 Å². The summed E-state index contributed by atoms with van der Waals surface area (Å²) in [5.41, 5.74) is 3.37. The van der Waals surface area contributed by atoms with Crippen LogP contribution < -0.4 is 10.6 Å². The molecule has 10 heteroatoms. The van der Waals surface area contributed by atoms with Crippen molar-refractivity contribution in [2.75, 3.05) is 13.2 Å². The van der Waals surface area contributed by atoms with Crippen molar-refractivity contribution in [3.8, 4) is 11.1 Å². The second kappa shape index (κ2) is 9.00. The standard InChI is InChI=1S/C24H23F3N2O5/c25-24(26,27)19(21(31)32)12-28-20(30)11-23(9-10-23)29-22(33)34-13-18-16-7-3-1-5-14(16)15-6-2-4-8-17(15)18/h1-8,18-19H,9-13H2,(H,28,30)(H,29,33)(H,31,32). The lowest BCUT2D eigenvalue weighted by atomic mass is 9.98. The predicted octanol–water partition coefficient (Wildman–Crippen LogP) is 3.83. The highest BCUT2D eigenvalue weighted by atomic mass is 19.4. The fourth-order valence-corrected chi connectivity index (χ4v) is 4.28. The van der Waals surface area contributed by atoms with Crippen LogP contribution in [0, 0.1) is 5.92 Å². The van der Waals surface area contributed by atoms with E-state index in [4.69, 9.17) is 9.84 Å². The number of halogens is 3. The third-order valence-corrected chi connectivity index (χ3v) is 6.26. The molecule has 0 spiro atoms. The van der Waals surface area contributed by atoms with E-state index in [-0.39, 0.29) is 18.9 Å². The number of benzene rings is 2. The summed E-state index contributed by atoms with van der Waals surface area (Å²) in [5, 5.41) is 13.4. The largest absolute Gasteiger partial charge is 0.481 e. The van der Waals surface area contributed by atoms with Crippen molar-refractivity contribution in [1.82, 2.24) is 10.6 Å². The molecule has 0 saturated heterocycles. The van der Waals surface area contributed by atoms with Crippen LogP contribution in [0.4, 0.5) is 18.0 Å². The van der Waals surface area contributed by atoms with Gasteiger partial charge in [0.1, 0.15) is 6.61 Å². The van der Waals surface area contributed by atoms with Gasteiger partial charge >= 0.3 is 18.2 Å². The number of hydrogen-bond donors (Lipinski definition) is 3. The number of alkyl carbamates (subject to hydrolysis) is 1. The molecule has 0 heterocycles. The third-order valence-electron chi connectivity index (χ3n) is 6.26. The Balaban J connectivity index is 1.31. The Morgan fingerprint density at radius 2 is 1.59 bits per heavy atom. The zero-order valence-electron chi connectivity index (χ0n) is 18.0. The molecule has 34 heavy (non-hydrogen) atoms. The second-order valence-electron chi connectivity index (χ2n) is 8.64. The average molecular weight is 476 g/mol. The second-order valence-corrected chi connectivity index (χ2v) is 8.64. The first-order valence-corrected chi connectivity index (χ1v) is 10.8. The van der Waals surface area contributed by atoms with Gasteiger partial charge in [-0.1, -0.05) is 48.5 Å². The smallest absolute Gasteiger partial charge is 0.407 e. The molecule has 0 radical (unpaired) electrons. The Hall–Kier alpha value is -3.56. The number of carboxylic acid groups (broad SMARTS) is 1. The zero-order chi connectivity index (χ0) is 24.5. The van der Waals surface area contributed by atoms with E-state index in [1.165, 1.54) is 0 Å². The van der Waals surface area contributed by atoms with Crippen LogP contribution in [0.25, 0.3) is 11.1 Å². The number of fused-ring (bicyclic) bond motifs is 3. The Kier molecular flexibility index (Phi) is 6.24. The minimum Gasteiger partial charge on any atom is -0.481 e. The molecule has 2 aromatic carbocycles. The summed E-state index contributed by atoms with van der Waals surface area (Å²) in [6.45, 7) is -0.979. The number of alkyl halides is 3. The first-order chi connectivity index (χ1) is 16.1. The number of amides is 2. The Morgan fingerprint density at radius 1 is 1.03 bits per heavy atom. The summed E-state index contributed by atoms with van der Waals surface area (Å²) in [6.07, 6.45) is -5.03. The number of rotatable bonds is 8. The zero-order valence-corrected chi connectivity index (χ0v) is 18.0. The lowest BCUT2D eigenvalue weighted by Crippen LogP contribution is -2.45. The maximum atomic E-state index is 12.7. The molecule has 0 aromatic heterocycles. The van der Waals surface area contributed by atoms with Gasteiger partial charge in [-0.25, -0.2) is 4.79 Å². The SMILES string of the molecule is O=C(CC1(NC(=O)OCC2c3ccccc3-c3ccccc32)CC1)NCC(C(=O)O)C(F)(F)F. The maximum absolute atomic E-state index is 12.7. The van der Waals surface area contributed by atoms with E-state index in [0.29, 0.717) is 12.8 Å². The van der Waals surface area contributed by atoms with Crippen LogP contribution in [-0.4, -0.2) is 47.9 Å². The lowest BCUT2D eigenvalue weighted by Gasteiger charge is -2.20. The molecule has 1 unspecified atom stereocenters. The van der Waals surface area contributed by atoms with Crippen molar-refractivity contribution < 1.29 is 37.4 Å². The Labute approximate surface area is 193 Å². The van der Waals surface area contributed by atoms with E-state index in [1.807, 2.05) is 53.8 Å². The van der Waals surface area contributed by atoms with Gasteiger partial charge in [0.2, 0.25) is 5.91 Å². The molecule has 4 rings (SSSR count). The Morgan fingerprint density at radius 3 is 2.09 bits per heavy atom. The predicted molar refractivity (Wildman–Crippen MR) is 115 cm³/mol. The van der Waals surface area contributed by atoms with Gasteiger partial charge in [-0.2, -0.15) is 13.2 Å². The van der Waals surface area contributed by atoms with Crippen LogP contribution in [0.2, 0.25) is 0 Å². The van der Waals surface area contributed by atoms with Crippen molar-refractivity contribution in [2.45, 2.75) is 36.9 Å². The number of aliphatic carboxylic acids is 1. The number of carboxylic acids is 1. The summed E-state index contributed by atoms with van der Waals surface area (Å²) in [6, 6.07) is 15.7. The molecule has 180 valence electrons. The van der Waals surface area contributed by atoms with Crippen LogP contribution in [0.15, 0.2) is 48.5 Å². The normalized spacial score (nSPS) is 16.7. The van der Waals surface area contributed by atoms with Gasteiger partial charge in [-0.3, -0.25) is 9.59 Å². The fourth-order valence-electron chi connectivity index (χ4n) is 4.28. The number of hydrogen-bond acceptors (Lipinski definition) is 4. The fraction of sp³-hybridized carbons (Fsp3) is 0.375. The highest BCUT2D eigenvalue weighted by Gasteiger charge is 2.48.